The number of nitrogens with zero attached hydrogens (tertiary/aromatic N) is 2. The summed E-state index contributed by atoms with van der Waals surface area (Å²) in [6.45, 7) is 7.36. The van der Waals surface area contributed by atoms with Crippen LogP contribution in [-0.2, 0) is 10.3 Å². The lowest BCUT2D eigenvalue weighted by atomic mass is 9.78. The quantitative estimate of drug-likeness (QED) is 0.189. The van der Waals surface area contributed by atoms with Crippen LogP contribution >= 0.6 is 11.8 Å². The van der Waals surface area contributed by atoms with E-state index >= 15 is 0 Å². The van der Waals surface area contributed by atoms with Crippen LogP contribution in [0, 0.1) is 0 Å². The van der Waals surface area contributed by atoms with Crippen LogP contribution in [0.3, 0.4) is 0 Å². The Morgan fingerprint density at radius 1 is 1.00 bits per heavy atom. The number of ether oxygens (including phenoxy) is 2. The van der Waals surface area contributed by atoms with Crippen LogP contribution < -0.4 is 14.4 Å². The maximum absolute atomic E-state index is 14.2. The van der Waals surface area contributed by atoms with Gasteiger partial charge in [0, 0.05) is 28.3 Å². The first-order valence-corrected chi connectivity index (χ1v) is 15.0. The lowest BCUT2D eigenvalue weighted by Crippen LogP contribution is -2.50. The Hall–Kier alpha value is -3.91. The molecule has 206 valence electrons. The van der Waals surface area contributed by atoms with Crippen molar-refractivity contribution >= 4 is 40.3 Å². The molecule has 1 saturated heterocycles. The molecule has 0 unspecified atom stereocenters. The summed E-state index contributed by atoms with van der Waals surface area (Å²) in [7, 11) is 0. The molecule has 40 heavy (non-hydrogen) atoms. The molecule has 6 rings (SSSR count). The van der Waals surface area contributed by atoms with E-state index in [0.717, 1.165) is 39.0 Å². The van der Waals surface area contributed by atoms with Crippen molar-refractivity contribution in [3.8, 4) is 11.5 Å². The highest BCUT2D eigenvalue weighted by Crippen LogP contribution is 2.51. The Morgan fingerprint density at radius 2 is 1.77 bits per heavy atom. The number of hydrogen-bond acceptors (Lipinski definition) is 5. The summed E-state index contributed by atoms with van der Waals surface area (Å²) in [4.78, 5) is 35.9. The van der Waals surface area contributed by atoms with E-state index < -0.39 is 5.54 Å². The molecule has 2 aliphatic heterocycles. The number of rotatable bonds is 8. The van der Waals surface area contributed by atoms with Crippen LogP contribution in [0.5, 0.6) is 11.5 Å². The number of aromatic nitrogens is 1. The summed E-state index contributed by atoms with van der Waals surface area (Å²) >= 11 is 1.62. The Morgan fingerprint density at radius 3 is 2.50 bits per heavy atom. The second kappa shape index (κ2) is 10.2. The number of nitrogens with one attached hydrogen (secondary N) is 1. The lowest BCUT2D eigenvalue weighted by molar-refractivity contribution is -0.125. The highest BCUT2D eigenvalue weighted by molar-refractivity contribution is 7.98. The molecule has 3 heterocycles. The summed E-state index contributed by atoms with van der Waals surface area (Å²) in [5.74, 6) is 0.968. The molecule has 2 atom stereocenters. The van der Waals surface area contributed by atoms with Crippen LogP contribution in [0.15, 0.2) is 71.6 Å². The molecule has 1 N–H and O–H groups in total. The number of anilines is 1. The van der Waals surface area contributed by atoms with E-state index in [4.69, 9.17) is 9.47 Å². The lowest BCUT2D eigenvalue weighted by Gasteiger charge is -2.40. The van der Waals surface area contributed by atoms with E-state index in [-0.39, 0.29) is 17.9 Å². The highest BCUT2D eigenvalue weighted by atomic mass is 32.2. The molecule has 3 aromatic carbocycles. The molecule has 0 aliphatic carbocycles. The highest BCUT2D eigenvalue weighted by Gasteiger charge is 2.60. The average Bonchev–Trinajstić information content (AvgIpc) is 3.46. The molecule has 0 saturated carbocycles. The number of amides is 3. The standard InChI is InChI=1S/C32H33N3O4S/c1-5-17-39-26-16-11-20(18-27(26)38-6-2)24-19-34-31(37)35(21-12-14-22(40-4)15-13-21)30(36)32(34,3)29-28(24)23-9-7-8-10-25(23)33-29/h7-16,18,24,33H,5-6,17,19H2,1-4H3/t24-,32-/m0/s1. The Kier molecular flexibility index (Phi) is 6.74. The molecule has 1 aromatic heterocycles. The van der Waals surface area contributed by atoms with Gasteiger partial charge in [-0.15, -0.1) is 11.8 Å². The third kappa shape index (κ3) is 3.96. The fourth-order valence-corrected chi connectivity index (χ4v) is 6.40. The van der Waals surface area contributed by atoms with Gasteiger partial charge in [-0.3, -0.25) is 4.79 Å². The zero-order valence-electron chi connectivity index (χ0n) is 23.2. The molecule has 0 bridgehead atoms. The van der Waals surface area contributed by atoms with Crippen molar-refractivity contribution in [2.75, 3.05) is 30.9 Å². The van der Waals surface area contributed by atoms with Crippen LogP contribution in [-0.4, -0.2) is 47.8 Å². The summed E-state index contributed by atoms with van der Waals surface area (Å²) < 4.78 is 11.9. The molecule has 0 spiro atoms. The summed E-state index contributed by atoms with van der Waals surface area (Å²) in [6.07, 6.45) is 2.90. The molecular weight excluding hydrogens is 522 g/mol. The molecule has 4 aromatic rings. The number of benzene rings is 3. The van der Waals surface area contributed by atoms with Gasteiger partial charge in [0.2, 0.25) is 0 Å². The van der Waals surface area contributed by atoms with Crippen LogP contribution in [0.25, 0.3) is 10.9 Å². The number of imide groups is 1. The van der Waals surface area contributed by atoms with E-state index in [1.54, 1.807) is 16.7 Å². The third-order valence-corrected chi connectivity index (χ3v) is 8.73. The van der Waals surface area contributed by atoms with Crippen molar-refractivity contribution in [1.29, 1.82) is 0 Å². The summed E-state index contributed by atoms with van der Waals surface area (Å²) in [5.41, 5.74) is 3.16. The number of hydrogen-bond donors (Lipinski definition) is 1. The first-order valence-electron chi connectivity index (χ1n) is 13.7. The number of carbonyl (C=O) groups is 2. The first-order chi connectivity index (χ1) is 19.4. The Labute approximate surface area is 238 Å². The van der Waals surface area contributed by atoms with Gasteiger partial charge in [-0.1, -0.05) is 31.2 Å². The van der Waals surface area contributed by atoms with Gasteiger partial charge in [0.25, 0.3) is 5.91 Å². The van der Waals surface area contributed by atoms with Crippen molar-refractivity contribution in [2.45, 2.75) is 43.5 Å². The number of para-hydroxylation sites is 1. The van der Waals surface area contributed by atoms with E-state index in [9.17, 15) is 9.59 Å². The molecule has 3 amide bonds. The Balaban J connectivity index is 1.50. The van der Waals surface area contributed by atoms with Crippen LogP contribution in [0.2, 0.25) is 0 Å². The second-order valence-corrected chi connectivity index (χ2v) is 11.2. The van der Waals surface area contributed by atoms with Gasteiger partial charge in [0.15, 0.2) is 17.0 Å². The monoisotopic (exact) mass is 555 g/mol. The number of fused-ring (bicyclic) bond motifs is 5. The molecule has 0 radical (unpaired) electrons. The topological polar surface area (TPSA) is 74.9 Å². The summed E-state index contributed by atoms with van der Waals surface area (Å²) in [5, 5.41) is 1.05. The fraction of sp³-hybridized carbons (Fsp3) is 0.312. The SMILES string of the molecule is CCCOc1ccc([C@@H]2CN3C(=O)N(c4ccc(SC)cc4)C(=O)[C@]3(C)c3[nH]c4ccccc4c32)cc1OCC. The Bertz CT molecular complexity index is 1600. The minimum atomic E-state index is -1.16. The van der Waals surface area contributed by atoms with Crippen LogP contribution in [0.4, 0.5) is 10.5 Å². The van der Waals surface area contributed by atoms with Gasteiger partial charge in [0.1, 0.15) is 0 Å². The van der Waals surface area contributed by atoms with Crippen molar-refractivity contribution in [3.05, 3.63) is 83.6 Å². The molecule has 2 aliphatic rings. The van der Waals surface area contributed by atoms with Gasteiger partial charge in [-0.25, -0.2) is 9.69 Å². The maximum Gasteiger partial charge on any atom is 0.332 e. The zero-order chi connectivity index (χ0) is 28.0. The maximum atomic E-state index is 14.2. The van der Waals surface area contributed by atoms with Gasteiger partial charge >= 0.3 is 6.03 Å². The zero-order valence-corrected chi connectivity index (χ0v) is 24.0. The van der Waals surface area contributed by atoms with Crippen LogP contribution in [0.1, 0.15) is 49.9 Å². The van der Waals surface area contributed by atoms with Gasteiger partial charge in [-0.2, -0.15) is 0 Å². The predicted molar refractivity (Wildman–Crippen MR) is 159 cm³/mol. The summed E-state index contributed by atoms with van der Waals surface area (Å²) in [6, 6.07) is 21.4. The number of thioether (sulfide) groups is 1. The minimum Gasteiger partial charge on any atom is -0.490 e. The van der Waals surface area contributed by atoms with E-state index in [1.165, 1.54) is 4.90 Å². The predicted octanol–water partition coefficient (Wildman–Crippen LogP) is 6.91. The van der Waals surface area contributed by atoms with E-state index in [1.807, 2.05) is 80.8 Å². The average molecular weight is 556 g/mol. The largest absolute Gasteiger partial charge is 0.490 e. The first kappa shape index (κ1) is 26.3. The van der Waals surface area contributed by atoms with Gasteiger partial charge < -0.3 is 19.4 Å². The molecular formula is C32H33N3O4S. The second-order valence-electron chi connectivity index (χ2n) is 10.3. The smallest absolute Gasteiger partial charge is 0.332 e. The molecule has 1 fully saturated rings. The van der Waals surface area contributed by atoms with Crippen molar-refractivity contribution < 1.29 is 19.1 Å². The molecule has 8 heteroatoms. The fourth-order valence-electron chi connectivity index (χ4n) is 5.99. The van der Waals surface area contributed by atoms with E-state index in [2.05, 4.69) is 18.0 Å². The van der Waals surface area contributed by atoms with Gasteiger partial charge in [0.05, 0.1) is 24.6 Å². The number of urea groups is 1. The number of carbonyl (C=O) groups excluding carboxylic acids is 2. The minimum absolute atomic E-state index is 0.172. The number of aromatic amines is 1. The third-order valence-electron chi connectivity index (χ3n) is 7.99. The van der Waals surface area contributed by atoms with Crippen molar-refractivity contribution in [2.24, 2.45) is 0 Å². The van der Waals surface area contributed by atoms with Gasteiger partial charge in [-0.05, 0) is 80.1 Å². The van der Waals surface area contributed by atoms with Crippen molar-refractivity contribution in [1.82, 2.24) is 9.88 Å². The molecule has 7 nitrogen and oxygen atoms in total. The number of H-pyrrole nitrogens is 1. The normalized spacial score (nSPS) is 20.1. The van der Waals surface area contributed by atoms with E-state index in [0.29, 0.717) is 36.9 Å². The van der Waals surface area contributed by atoms with Crippen molar-refractivity contribution in [3.63, 3.8) is 0 Å².